The summed E-state index contributed by atoms with van der Waals surface area (Å²) in [5.74, 6) is 0.00132. The summed E-state index contributed by atoms with van der Waals surface area (Å²) in [4.78, 5) is 18.9. The van der Waals surface area contributed by atoms with Crippen molar-refractivity contribution in [3.05, 3.63) is 46.5 Å². The fourth-order valence-corrected chi connectivity index (χ4v) is 3.70. The average Bonchev–Trinajstić information content (AvgIpc) is 3.00. The molecule has 3 rings (SSSR count). The molecule has 128 valence electrons. The highest BCUT2D eigenvalue weighted by atomic mass is 32.1. The van der Waals surface area contributed by atoms with Gasteiger partial charge in [0.1, 0.15) is 0 Å². The van der Waals surface area contributed by atoms with Crippen LogP contribution in [-0.2, 0) is 11.2 Å². The summed E-state index contributed by atoms with van der Waals surface area (Å²) < 4.78 is 0. The van der Waals surface area contributed by atoms with Crippen molar-refractivity contribution in [2.75, 3.05) is 31.5 Å². The van der Waals surface area contributed by atoms with Crippen LogP contribution in [-0.4, -0.2) is 42.0 Å². The largest absolute Gasteiger partial charge is 0.314 e. The Morgan fingerprint density at radius 1 is 1.42 bits per heavy atom. The van der Waals surface area contributed by atoms with E-state index < -0.39 is 0 Å². The number of nitrogens with zero attached hydrogens (tertiary/aromatic N) is 2. The maximum absolute atomic E-state index is 12.4. The van der Waals surface area contributed by atoms with Crippen molar-refractivity contribution in [1.82, 2.24) is 15.2 Å². The maximum atomic E-state index is 12.4. The number of nitrogens with one attached hydrogen (secondary N) is 2. The van der Waals surface area contributed by atoms with Gasteiger partial charge in [0, 0.05) is 31.1 Å². The summed E-state index contributed by atoms with van der Waals surface area (Å²) >= 11 is 1.47. The molecule has 0 saturated carbocycles. The fourth-order valence-electron chi connectivity index (χ4n) is 2.99. The number of thiazole rings is 1. The van der Waals surface area contributed by atoms with Crippen molar-refractivity contribution in [1.29, 1.82) is 0 Å². The summed E-state index contributed by atoms with van der Waals surface area (Å²) in [6.07, 6.45) is 1.04. The van der Waals surface area contributed by atoms with Gasteiger partial charge in [0.05, 0.1) is 12.2 Å². The molecule has 1 aliphatic heterocycles. The molecule has 1 aromatic carbocycles. The monoisotopic (exact) mass is 344 g/mol. The van der Waals surface area contributed by atoms with Crippen LogP contribution in [0, 0.1) is 6.92 Å². The first kappa shape index (κ1) is 17.1. The molecule has 1 unspecified atom stereocenters. The number of hydrogen-bond donors (Lipinski definition) is 2. The first-order chi connectivity index (χ1) is 11.7. The molecule has 1 fully saturated rings. The van der Waals surface area contributed by atoms with Crippen molar-refractivity contribution in [2.24, 2.45) is 0 Å². The van der Waals surface area contributed by atoms with Crippen molar-refractivity contribution in [3.8, 4) is 0 Å². The molecule has 1 atom stereocenters. The van der Waals surface area contributed by atoms with E-state index in [1.807, 2.05) is 12.3 Å². The Hall–Kier alpha value is -1.76. The van der Waals surface area contributed by atoms with Gasteiger partial charge in [-0.3, -0.25) is 9.69 Å². The third-order valence-electron chi connectivity index (χ3n) is 4.34. The number of aromatic nitrogens is 1. The van der Waals surface area contributed by atoms with Gasteiger partial charge in [-0.05, 0) is 24.5 Å². The zero-order valence-corrected chi connectivity index (χ0v) is 15.0. The van der Waals surface area contributed by atoms with Crippen LogP contribution in [0.3, 0.4) is 0 Å². The Kier molecular flexibility index (Phi) is 5.60. The van der Waals surface area contributed by atoms with E-state index in [0.29, 0.717) is 11.7 Å². The molecule has 2 N–H and O–H groups in total. The highest BCUT2D eigenvalue weighted by Crippen LogP contribution is 2.23. The molecular formula is C18H24N4OS. The quantitative estimate of drug-likeness (QED) is 0.875. The van der Waals surface area contributed by atoms with E-state index in [1.165, 1.54) is 22.5 Å². The van der Waals surface area contributed by atoms with E-state index in [2.05, 4.69) is 51.7 Å². The Bertz CT molecular complexity index is 683. The first-order valence-electron chi connectivity index (χ1n) is 8.41. The van der Waals surface area contributed by atoms with E-state index in [-0.39, 0.29) is 11.9 Å². The average molecular weight is 344 g/mol. The number of piperazine rings is 1. The summed E-state index contributed by atoms with van der Waals surface area (Å²) in [5, 5.41) is 8.96. The zero-order chi connectivity index (χ0) is 16.9. The Balaban J connectivity index is 1.66. The van der Waals surface area contributed by atoms with Crippen molar-refractivity contribution < 1.29 is 4.79 Å². The first-order valence-corrected chi connectivity index (χ1v) is 9.29. The lowest BCUT2D eigenvalue weighted by atomic mass is 10.0. The van der Waals surface area contributed by atoms with Crippen LogP contribution in [0.1, 0.15) is 29.8 Å². The van der Waals surface area contributed by atoms with Gasteiger partial charge in [-0.2, -0.15) is 0 Å². The van der Waals surface area contributed by atoms with Crippen molar-refractivity contribution >= 4 is 22.4 Å². The lowest BCUT2D eigenvalue weighted by Crippen LogP contribution is -2.48. The lowest BCUT2D eigenvalue weighted by Gasteiger charge is -2.36. The predicted molar refractivity (Wildman–Crippen MR) is 98.5 cm³/mol. The van der Waals surface area contributed by atoms with Crippen LogP contribution in [0.4, 0.5) is 5.13 Å². The van der Waals surface area contributed by atoms with Crippen LogP contribution < -0.4 is 10.6 Å². The minimum atomic E-state index is 0.00132. The van der Waals surface area contributed by atoms with Crippen LogP contribution in [0.15, 0.2) is 29.6 Å². The Labute approximate surface area is 147 Å². The smallest absolute Gasteiger partial charge is 0.240 e. The topological polar surface area (TPSA) is 57.3 Å². The molecule has 24 heavy (non-hydrogen) atoms. The van der Waals surface area contributed by atoms with Crippen LogP contribution in [0.2, 0.25) is 0 Å². The molecule has 2 aromatic rings. The van der Waals surface area contributed by atoms with Gasteiger partial charge in [-0.1, -0.05) is 31.2 Å². The predicted octanol–water partition coefficient (Wildman–Crippen LogP) is 2.60. The minimum Gasteiger partial charge on any atom is -0.314 e. The third-order valence-corrected chi connectivity index (χ3v) is 5.21. The van der Waals surface area contributed by atoms with Gasteiger partial charge in [0.2, 0.25) is 5.91 Å². The van der Waals surface area contributed by atoms with Crippen molar-refractivity contribution in [2.45, 2.75) is 26.3 Å². The standard InChI is InChI=1S/C18H24N4OS/c1-3-14-4-6-15(7-5-14)16-10-19-8-9-22(16)11-17(23)21-18-20-13(2)12-24-18/h4-7,12,16,19H,3,8-11H2,1-2H3,(H,20,21,23). The molecule has 5 nitrogen and oxygen atoms in total. The van der Waals surface area contributed by atoms with Gasteiger partial charge in [0.15, 0.2) is 5.13 Å². The number of hydrogen-bond acceptors (Lipinski definition) is 5. The Morgan fingerprint density at radius 2 is 2.21 bits per heavy atom. The highest BCUT2D eigenvalue weighted by Gasteiger charge is 2.25. The fraction of sp³-hybridized carbons (Fsp3) is 0.444. The molecule has 0 aliphatic carbocycles. The lowest BCUT2D eigenvalue weighted by molar-refractivity contribution is -0.118. The maximum Gasteiger partial charge on any atom is 0.240 e. The molecule has 1 saturated heterocycles. The molecule has 1 aliphatic rings. The van der Waals surface area contributed by atoms with E-state index in [1.54, 1.807) is 0 Å². The highest BCUT2D eigenvalue weighted by molar-refractivity contribution is 7.13. The summed E-state index contributed by atoms with van der Waals surface area (Å²) in [6.45, 7) is 7.12. The van der Waals surface area contributed by atoms with E-state index in [4.69, 9.17) is 0 Å². The van der Waals surface area contributed by atoms with Crippen LogP contribution in [0.25, 0.3) is 0 Å². The number of carbonyl (C=O) groups is 1. The van der Waals surface area contributed by atoms with Gasteiger partial charge in [-0.25, -0.2) is 4.98 Å². The molecule has 0 spiro atoms. The second kappa shape index (κ2) is 7.88. The molecule has 2 heterocycles. The van der Waals surface area contributed by atoms with Crippen molar-refractivity contribution in [3.63, 3.8) is 0 Å². The second-order valence-corrected chi connectivity index (χ2v) is 6.99. The molecular weight excluding hydrogens is 320 g/mol. The zero-order valence-electron chi connectivity index (χ0n) is 14.2. The molecule has 1 aromatic heterocycles. The second-order valence-electron chi connectivity index (χ2n) is 6.13. The molecule has 1 amide bonds. The SMILES string of the molecule is CCc1ccc(C2CNCCN2CC(=O)Nc2nc(C)cs2)cc1. The number of amides is 1. The number of carbonyl (C=O) groups excluding carboxylic acids is 1. The minimum absolute atomic E-state index is 0.00132. The van der Waals surface area contributed by atoms with Gasteiger partial charge < -0.3 is 10.6 Å². The number of benzene rings is 1. The van der Waals surface area contributed by atoms with E-state index in [9.17, 15) is 4.79 Å². The summed E-state index contributed by atoms with van der Waals surface area (Å²) in [7, 11) is 0. The normalized spacial score (nSPS) is 18.5. The number of rotatable bonds is 5. The van der Waals surface area contributed by atoms with Gasteiger partial charge >= 0.3 is 0 Å². The van der Waals surface area contributed by atoms with E-state index >= 15 is 0 Å². The molecule has 0 bridgehead atoms. The van der Waals surface area contributed by atoms with E-state index in [0.717, 1.165) is 31.7 Å². The molecule has 0 radical (unpaired) electrons. The number of anilines is 1. The third kappa shape index (κ3) is 4.20. The summed E-state index contributed by atoms with van der Waals surface area (Å²) in [6, 6.07) is 8.96. The summed E-state index contributed by atoms with van der Waals surface area (Å²) in [5.41, 5.74) is 3.54. The van der Waals surface area contributed by atoms with Gasteiger partial charge in [-0.15, -0.1) is 11.3 Å². The van der Waals surface area contributed by atoms with Crippen LogP contribution in [0.5, 0.6) is 0 Å². The molecule has 6 heteroatoms. The van der Waals surface area contributed by atoms with Gasteiger partial charge in [0.25, 0.3) is 0 Å². The number of aryl methyl sites for hydroxylation is 2. The Morgan fingerprint density at radius 3 is 2.88 bits per heavy atom. The van der Waals surface area contributed by atoms with Crippen LogP contribution >= 0.6 is 11.3 Å².